The van der Waals surface area contributed by atoms with Crippen LogP contribution in [0.25, 0.3) is 22.4 Å². The smallest absolute Gasteiger partial charge is 0.262 e. The number of H-pyrrole nitrogens is 2. The van der Waals surface area contributed by atoms with E-state index in [0.717, 1.165) is 31.5 Å². The maximum Gasteiger partial charge on any atom is 0.262 e. The summed E-state index contributed by atoms with van der Waals surface area (Å²) in [6.07, 6.45) is 2.10. The molecule has 2 amide bonds. The van der Waals surface area contributed by atoms with Crippen LogP contribution in [-0.2, 0) is 0 Å². The lowest BCUT2D eigenvalue weighted by Crippen LogP contribution is -2.46. The first-order valence-corrected chi connectivity index (χ1v) is 14.6. The van der Waals surface area contributed by atoms with E-state index in [4.69, 9.17) is 21.3 Å². The number of benzene rings is 2. The van der Waals surface area contributed by atoms with E-state index in [1.54, 1.807) is 37.3 Å². The van der Waals surface area contributed by atoms with Crippen LogP contribution in [0.1, 0.15) is 44.7 Å². The summed E-state index contributed by atoms with van der Waals surface area (Å²) < 4.78 is 5.74. The quantitative estimate of drug-likeness (QED) is 0.223. The highest BCUT2D eigenvalue weighted by molar-refractivity contribution is 6.31. The molecule has 1 fully saturated rings. The standard InChI is InChI=1S/C31H33ClN6O5/c1-16-21(32)5-4-6-24(16)43-15-19(39)14-34-22-7-10-33-29(40)26(22)28-35-23-13-20-25(17(2)27(23)36-28)31(42)38(30(20)41)18-8-11-37(3)12-9-18/h4-7,10,13,18-19,39H,8-9,11-12,14-15H2,1-3H3,(H,35,36)(H2,33,34,40). The van der Waals surface area contributed by atoms with Crippen molar-refractivity contribution < 1.29 is 19.4 Å². The van der Waals surface area contributed by atoms with Crippen LogP contribution in [0, 0.1) is 13.8 Å². The van der Waals surface area contributed by atoms with Gasteiger partial charge in [-0.2, -0.15) is 0 Å². The summed E-state index contributed by atoms with van der Waals surface area (Å²) in [5.74, 6) is 0.278. The van der Waals surface area contributed by atoms with E-state index < -0.39 is 11.7 Å². The number of anilines is 1. The number of amides is 2. The number of aliphatic hydroxyl groups is 1. The van der Waals surface area contributed by atoms with Crippen molar-refractivity contribution in [3.05, 3.63) is 74.2 Å². The van der Waals surface area contributed by atoms with Gasteiger partial charge in [-0.15, -0.1) is 0 Å². The third-order valence-electron chi connectivity index (χ3n) is 8.33. The highest BCUT2D eigenvalue weighted by Gasteiger charge is 2.42. The van der Waals surface area contributed by atoms with Gasteiger partial charge in [0.1, 0.15) is 29.8 Å². The minimum absolute atomic E-state index is 0.0126. The summed E-state index contributed by atoms with van der Waals surface area (Å²) in [7, 11) is 2.04. The van der Waals surface area contributed by atoms with E-state index in [1.165, 1.54) is 11.1 Å². The predicted molar refractivity (Wildman–Crippen MR) is 164 cm³/mol. The molecule has 12 heteroatoms. The number of carbonyl (C=O) groups is 2. The van der Waals surface area contributed by atoms with E-state index in [9.17, 15) is 19.5 Å². The largest absolute Gasteiger partial charge is 0.490 e. The lowest BCUT2D eigenvalue weighted by Gasteiger charge is -2.33. The Morgan fingerprint density at radius 2 is 1.88 bits per heavy atom. The number of hydrogen-bond acceptors (Lipinski definition) is 8. The fraction of sp³-hybridized carbons (Fsp3) is 0.355. The van der Waals surface area contributed by atoms with E-state index in [-0.39, 0.29) is 42.4 Å². The Kier molecular flexibility index (Phi) is 7.72. The summed E-state index contributed by atoms with van der Waals surface area (Å²) in [5, 5.41) is 14.3. The second-order valence-corrected chi connectivity index (χ2v) is 11.6. The maximum absolute atomic E-state index is 13.5. The highest BCUT2D eigenvalue weighted by atomic mass is 35.5. The topological polar surface area (TPSA) is 144 Å². The Bertz CT molecular complexity index is 1790. The third kappa shape index (κ3) is 5.28. The fourth-order valence-corrected chi connectivity index (χ4v) is 6.05. The number of rotatable bonds is 8. The molecular weight excluding hydrogens is 572 g/mol. The Balaban J connectivity index is 1.24. The summed E-state index contributed by atoms with van der Waals surface area (Å²) in [4.78, 5) is 54.1. The van der Waals surface area contributed by atoms with Crippen molar-refractivity contribution in [2.75, 3.05) is 38.6 Å². The zero-order valence-electron chi connectivity index (χ0n) is 24.2. The maximum atomic E-state index is 13.5. The van der Waals surface area contributed by atoms with E-state index >= 15 is 0 Å². The number of carbonyl (C=O) groups excluding carboxylic acids is 2. The Morgan fingerprint density at radius 1 is 1.12 bits per heavy atom. The number of aromatic amines is 2. The van der Waals surface area contributed by atoms with Crippen molar-refractivity contribution in [2.24, 2.45) is 0 Å². The molecule has 1 atom stereocenters. The van der Waals surface area contributed by atoms with Crippen LogP contribution in [0.2, 0.25) is 5.02 Å². The van der Waals surface area contributed by atoms with Crippen molar-refractivity contribution in [1.82, 2.24) is 24.8 Å². The Morgan fingerprint density at radius 3 is 2.65 bits per heavy atom. The average molecular weight is 605 g/mol. The molecule has 0 aliphatic carbocycles. The van der Waals surface area contributed by atoms with Crippen LogP contribution in [-0.4, -0.2) is 87.1 Å². The number of hydrogen-bond donors (Lipinski definition) is 4. The SMILES string of the molecule is Cc1c(Cl)cccc1OCC(O)CNc1cc[nH]c(=O)c1-c1nc2c(C)c3c(cc2[nH]1)C(=O)N(C1CCN(C)CC1)C3=O. The summed E-state index contributed by atoms with van der Waals surface area (Å²) >= 11 is 6.15. The lowest BCUT2D eigenvalue weighted by molar-refractivity contribution is 0.0516. The first-order valence-electron chi connectivity index (χ1n) is 14.3. The molecule has 6 rings (SSSR count). The van der Waals surface area contributed by atoms with Crippen LogP contribution in [0.3, 0.4) is 0 Å². The van der Waals surface area contributed by atoms with Gasteiger partial charge in [-0.3, -0.25) is 19.3 Å². The number of imidazole rings is 1. The number of aromatic nitrogens is 3. The molecule has 0 spiro atoms. The number of aliphatic hydroxyl groups excluding tert-OH is 1. The van der Waals surface area contributed by atoms with Crippen LogP contribution >= 0.6 is 11.6 Å². The van der Waals surface area contributed by atoms with Gasteiger partial charge < -0.3 is 30.0 Å². The van der Waals surface area contributed by atoms with Crippen molar-refractivity contribution in [3.63, 3.8) is 0 Å². The Hall–Kier alpha value is -4.19. The molecule has 11 nitrogen and oxygen atoms in total. The summed E-state index contributed by atoms with van der Waals surface area (Å²) in [6, 6.07) is 8.54. The van der Waals surface area contributed by atoms with Crippen molar-refractivity contribution in [1.29, 1.82) is 0 Å². The molecule has 4 N–H and O–H groups in total. The minimum Gasteiger partial charge on any atom is -0.490 e. The number of ether oxygens (including phenoxy) is 1. The van der Waals surface area contributed by atoms with Gasteiger partial charge >= 0.3 is 0 Å². The summed E-state index contributed by atoms with van der Waals surface area (Å²) in [6.45, 7) is 5.39. The van der Waals surface area contributed by atoms with E-state index in [1.807, 2.05) is 14.0 Å². The van der Waals surface area contributed by atoms with Gasteiger partial charge in [0.2, 0.25) is 0 Å². The fourth-order valence-electron chi connectivity index (χ4n) is 5.88. The lowest BCUT2D eigenvalue weighted by atomic mass is 10.0. The molecule has 1 saturated heterocycles. The highest BCUT2D eigenvalue weighted by Crippen LogP contribution is 2.35. The number of piperidine rings is 1. The number of pyridine rings is 1. The normalized spacial score (nSPS) is 16.6. The second kappa shape index (κ2) is 11.5. The molecule has 0 radical (unpaired) electrons. The molecule has 0 bridgehead atoms. The number of nitrogens with zero attached hydrogens (tertiary/aromatic N) is 3. The van der Waals surface area contributed by atoms with Gasteiger partial charge in [0.25, 0.3) is 17.4 Å². The molecule has 4 heterocycles. The number of halogens is 1. The van der Waals surface area contributed by atoms with Gasteiger partial charge in [0, 0.05) is 29.4 Å². The van der Waals surface area contributed by atoms with Gasteiger partial charge in [-0.1, -0.05) is 17.7 Å². The number of fused-ring (bicyclic) bond motifs is 2. The van der Waals surface area contributed by atoms with Crippen molar-refractivity contribution in [3.8, 4) is 17.1 Å². The predicted octanol–water partition coefficient (Wildman–Crippen LogP) is 3.73. The number of nitrogens with one attached hydrogen (secondary N) is 3. The number of aryl methyl sites for hydroxylation is 1. The van der Waals surface area contributed by atoms with Crippen LogP contribution < -0.4 is 15.6 Å². The molecular formula is C31H33ClN6O5. The van der Waals surface area contributed by atoms with E-state index in [0.29, 0.717) is 44.2 Å². The Labute approximate surface area is 252 Å². The summed E-state index contributed by atoms with van der Waals surface area (Å²) in [5.41, 5.74) is 3.45. The molecule has 2 aromatic carbocycles. The van der Waals surface area contributed by atoms with Gasteiger partial charge in [0.05, 0.1) is 27.8 Å². The molecule has 2 aliphatic rings. The zero-order chi connectivity index (χ0) is 30.4. The van der Waals surface area contributed by atoms with Crippen LogP contribution in [0.15, 0.2) is 41.3 Å². The van der Waals surface area contributed by atoms with Gasteiger partial charge in [-0.25, -0.2) is 4.98 Å². The molecule has 0 saturated carbocycles. The van der Waals surface area contributed by atoms with Crippen LogP contribution in [0.5, 0.6) is 5.75 Å². The van der Waals surface area contributed by atoms with Crippen LogP contribution in [0.4, 0.5) is 5.69 Å². The van der Waals surface area contributed by atoms with Gasteiger partial charge in [-0.05, 0) is 76.7 Å². The first kappa shape index (κ1) is 28.9. The number of likely N-dealkylation sites (tertiary alicyclic amines) is 1. The van der Waals surface area contributed by atoms with Crippen molar-refractivity contribution >= 4 is 40.1 Å². The molecule has 2 aromatic heterocycles. The monoisotopic (exact) mass is 604 g/mol. The molecule has 1 unspecified atom stereocenters. The average Bonchev–Trinajstić information content (AvgIpc) is 3.52. The third-order valence-corrected chi connectivity index (χ3v) is 8.74. The molecule has 4 aromatic rings. The first-order chi connectivity index (χ1) is 20.6. The molecule has 2 aliphatic heterocycles. The number of imide groups is 1. The zero-order valence-corrected chi connectivity index (χ0v) is 24.9. The van der Waals surface area contributed by atoms with Gasteiger partial charge in [0.15, 0.2) is 0 Å². The van der Waals surface area contributed by atoms with E-state index in [2.05, 4.69) is 20.2 Å². The molecule has 224 valence electrons. The van der Waals surface area contributed by atoms with Crippen molar-refractivity contribution in [2.45, 2.75) is 38.8 Å². The minimum atomic E-state index is -0.893. The second-order valence-electron chi connectivity index (χ2n) is 11.2. The molecule has 43 heavy (non-hydrogen) atoms.